The van der Waals surface area contributed by atoms with Crippen LogP contribution in [0, 0.1) is 5.82 Å². The molecule has 1 rings (SSSR count). The van der Waals surface area contributed by atoms with Crippen molar-refractivity contribution in [3.8, 4) is 5.75 Å². The molecule has 4 heteroatoms. The van der Waals surface area contributed by atoms with Crippen LogP contribution >= 0.6 is 0 Å². The fraction of sp³-hybridized carbons (Fsp3) is 0.588. The van der Waals surface area contributed by atoms with Gasteiger partial charge in [0, 0.05) is 0 Å². The molecule has 1 amide bonds. The standard InChI is InChI=1S/C17H26FNO2/c1-2-3-4-5-6-7-8-9-13-21-15-12-10-11-14(16(15)18)17(19)20/h10-12H,2-9,13H2,1H3,(H2,19,20). The van der Waals surface area contributed by atoms with Crippen molar-refractivity contribution in [1.82, 2.24) is 0 Å². The van der Waals surface area contributed by atoms with Gasteiger partial charge >= 0.3 is 0 Å². The van der Waals surface area contributed by atoms with Crippen molar-refractivity contribution in [2.24, 2.45) is 5.73 Å². The molecule has 0 bridgehead atoms. The summed E-state index contributed by atoms with van der Waals surface area (Å²) in [6, 6.07) is 4.46. The minimum Gasteiger partial charge on any atom is -0.490 e. The van der Waals surface area contributed by atoms with Crippen LogP contribution in [-0.2, 0) is 0 Å². The highest BCUT2D eigenvalue weighted by atomic mass is 19.1. The van der Waals surface area contributed by atoms with E-state index in [1.165, 1.54) is 50.7 Å². The first-order valence-electron chi connectivity index (χ1n) is 7.88. The van der Waals surface area contributed by atoms with E-state index in [9.17, 15) is 9.18 Å². The summed E-state index contributed by atoms with van der Waals surface area (Å²) in [5, 5.41) is 0. The molecule has 0 unspecified atom stereocenters. The first kappa shape index (κ1) is 17.5. The van der Waals surface area contributed by atoms with Crippen molar-refractivity contribution in [2.75, 3.05) is 6.61 Å². The molecule has 21 heavy (non-hydrogen) atoms. The second-order valence-electron chi connectivity index (χ2n) is 5.31. The van der Waals surface area contributed by atoms with E-state index >= 15 is 0 Å². The number of halogens is 1. The number of carbonyl (C=O) groups is 1. The minimum absolute atomic E-state index is 0.106. The fourth-order valence-corrected chi connectivity index (χ4v) is 2.23. The lowest BCUT2D eigenvalue weighted by Gasteiger charge is -2.08. The Bertz CT molecular complexity index is 435. The van der Waals surface area contributed by atoms with Crippen LogP contribution in [0.15, 0.2) is 18.2 Å². The SMILES string of the molecule is CCCCCCCCCCOc1cccc(C(N)=O)c1F. The van der Waals surface area contributed by atoms with Gasteiger partial charge in [0.2, 0.25) is 0 Å². The first-order chi connectivity index (χ1) is 10.2. The Morgan fingerprint density at radius 1 is 1.10 bits per heavy atom. The summed E-state index contributed by atoms with van der Waals surface area (Å²) in [5.74, 6) is -1.33. The van der Waals surface area contributed by atoms with Gasteiger partial charge in [-0.2, -0.15) is 0 Å². The average Bonchev–Trinajstić information content (AvgIpc) is 2.46. The molecule has 0 aromatic heterocycles. The Hall–Kier alpha value is -1.58. The van der Waals surface area contributed by atoms with E-state index in [4.69, 9.17) is 10.5 Å². The van der Waals surface area contributed by atoms with Gasteiger partial charge in [0.25, 0.3) is 5.91 Å². The third-order valence-electron chi connectivity index (χ3n) is 3.48. The van der Waals surface area contributed by atoms with E-state index in [1.807, 2.05) is 0 Å². The molecule has 0 aliphatic rings. The second-order valence-corrected chi connectivity index (χ2v) is 5.31. The molecule has 3 nitrogen and oxygen atoms in total. The summed E-state index contributed by atoms with van der Waals surface area (Å²) in [4.78, 5) is 11.0. The van der Waals surface area contributed by atoms with Gasteiger partial charge in [-0.05, 0) is 18.6 Å². The highest BCUT2D eigenvalue weighted by molar-refractivity contribution is 5.93. The van der Waals surface area contributed by atoms with Crippen LogP contribution in [-0.4, -0.2) is 12.5 Å². The van der Waals surface area contributed by atoms with Crippen LogP contribution in [0.3, 0.4) is 0 Å². The molecular formula is C17H26FNO2. The van der Waals surface area contributed by atoms with Crippen molar-refractivity contribution in [3.63, 3.8) is 0 Å². The van der Waals surface area contributed by atoms with Gasteiger partial charge in [-0.25, -0.2) is 4.39 Å². The van der Waals surface area contributed by atoms with E-state index in [2.05, 4.69) is 6.92 Å². The van der Waals surface area contributed by atoms with Gasteiger partial charge < -0.3 is 10.5 Å². The summed E-state index contributed by atoms with van der Waals surface area (Å²) >= 11 is 0. The number of hydrogen-bond acceptors (Lipinski definition) is 2. The largest absolute Gasteiger partial charge is 0.490 e. The molecule has 0 aliphatic carbocycles. The Morgan fingerprint density at radius 3 is 2.33 bits per heavy atom. The lowest BCUT2D eigenvalue weighted by atomic mass is 10.1. The lowest BCUT2D eigenvalue weighted by Crippen LogP contribution is -2.14. The number of benzene rings is 1. The van der Waals surface area contributed by atoms with E-state index in [0.29, 0.717) is 6.61 Å². The summed E-state index contributed by atoms with van der Waals surface area (Å²) in [5.41, 5.74) is 4.97. The van der Waals surface area contributed by atoms with Crippen LogP contribution < -0.4 is 10.5 Å². The normalized spacial score (nSPS) is 10.6. The molecule has 1 aromatic carbocycles. The van der Waals surface area contributed by atoms with Crippen molar-refractivity contribution < 1.29 is 13.9 Å². The highest BCUT2D eigenvalue weighted by Crippen LogP contribution is 2.20. The van der Waals surface area contributed by atoms with E-state index < -0.39 is 11.7 Å². The lowest BCUT2D eigenvalue weighted by molar-refractivity contribution is 0.0995. The zero-order chi connectivity index (χ0) is 15.5. The van der Waals surface area contributed by atoms with Crippen LogP contribution in [0.5, 0.6) is 5.75 Å². The Labute approximate surface area is 126 Å². The fourth-order valence-electron chi connectivity index (χ4n) is 2.23. The molecule has 0 aliphatic heterocycles. The number of nitrogens with two attached hydrogens (primary N) is 1. The van der Waals surface area contributed by atoms with Crippen molar-refractivity contribution in [1.29, 1.82) is 0 Å². The zero-order valence-corrected chi connectivity index (χ0v) is 12.9. The average molecular weight is 295 g/mol. The van der Waals surface area contributed by atoms with E-state index in [0.717, 1.165) is 12.8 Å². The predicted molar refractivity (Wildman–Crippen MR) is 83.0 cm³/mol. The van der Waals surface area contributed by atoms with E-state index in [1.54, 1.807) is 6.07 Å². The summed E-state index contributed by atoms with van der Waals surface area (Å²) in [6.07, 6.45) is 9.63. The Kier molecular flexibility index (Phi) is 8.48. The van der Waals surface area contributed by atoms with Gasteiger partial charge in [0.05, 0.1) is 12.2 Å². The number of rotatable bonds is 11. The van der Waals surface area contributed by atoms with Gasteiger partial charge in [-0.1, -0.05) is 57.9 Å². The molecule has 118 valence electrons. The summed E-state index contributed by atoms with van der Waals surface area (Å²) in [7, 11) is 0. The predicted octanol–water partition coefficient (Wildman–Crippen LogP) is 4.44. The number of primary amides is 1. The quantitative estimate of drug-likeness (QED) is 0.613. The molecule has 0 spiro atoms. The van der Waals surface area contributed by atoms with Crippen molar-refractivity contribution >= 4 is 5.91 Å². The first-order valence-corrected chi connectivity index (χ1v) is 7.88. The summed E-state index contributed by atoms with van der Waals surface area (Å²) in [6.45, 7) is 2.68. The molecule has 1 aromatic rings. The molecule has 0 fully saturated rings. The maximum atomic E-state index is 13.8. The van der Waals surface area contributed by atoms with Crippen LogP contribution in [0.25, 0.3) is 0 Å². The third-order valence-corrected chi connectivity index (χ3v) is 3.48. The minimum atomic E-state index is -0.773. The Morgan fingerprint density at radius 2 is 1.71 bits per heavy atom. The molecule has 0 saturated carbocycles. The maximum absolute atomic E-state index is 13.8. The van der Waals surface area contributed by atoms with Gasteiger partial charge in [-0.15, -0.1) is 0 Å². The number of hydrogen-bond donors (Lipinski definition) is 1. The smallest absolute Gasteiger partial charge is 0.251 e. The van der Waals surface area contributed by atoms with Crippen molar-refractivity contribution in [3.05, 3.63) is 29.6 Å². The van der Waals surface area contributed by atoms with Crippen LogP contribution in [0.4, 0.5) is 4.39 Å². The molecule has 2 N–H and O–H groups in total. The highest BCUT2D eigenvalue weighted by Gasteiger charge is 2.12. The van der Waals surface area contributed by atoms with Crippen LogP contribution in [0.2, 0.25) is 0 Å². The molecule has 0 radical (unpaired) electrons. The van der Waals surface area contributed by atoms with Crippen molar-refractivity contribution in [2.45, 2.75) is 58.3 Å². The van der Waals surface area contributed by atoms with Gasteiger partial charge in [-0.3, -0.25) is 4.79 Å². The molecule has 0 atom stereocenters. The number of amides is 1. The van der Waals surface area contributed by atoms with Crippen LogP contribution in [0.1, 0.15) is 68.6 Å². The number of unbranched alkanes of at least 4 members (excludes halogenated alkanes) is 7. The Balaban J connectivity index is 2.19. The van der Waals surface area contributed by atoms with Gasteiger partial charge in [0.15, 0.2) is 11.6 Å². The number of ether oxygens (including phenoxy) is 1. The van der Waals surface area contributed by atoms with E-state index in [-0.39, 0.29) is 11.3 Å². The molecule has 0 heterocycles. The van der Waals surface area contributed by atoms with Gasteiger partial charge in [0.1, 0.15) is 0 Å². The maximum Gasteiger partial charge on any atom is 0.251 e. The molecule has 0 saturated heterocycles. The monoisotopic (exact) mass is 295 g/mol. The topological polar surface area (TPSA) is 52.3 Å². The third kappa shape index (κ3) is 6.61. The molecular weight excluding hydrogens is 269 g/mol. The zero-order valence-electron chi connectivity index (χ0n) is 12.9. The second kappa shape index (κ2) is 10.2. The summed E-state index contributed by atoms with van der Waals surface area (Å²) < 4.78 is 19.2. The number of carbonyl (C=O) groups excluding carboxylic acids is 1.